The van der Waals surface area contributed by atoms with Gasteiger partial charge in [-0.15, -0.1) is 0 Å². The Morgan fingerprint density at radius 1 is 1.00 bits per heavy atom. The van der Waals surface area contributed by atoms with Gasteiger partial charge in [0.25, 0.3) is 18.3 Å². The van der Waals surface area contributed by atoms with Gasteiger partial charge in [0, 0.05) is 46.7 Å². The number of aromatic nitrogens is 5. The highest BCUT2D eigenvalue weighted by molar-refractivity contribution is 9.10. The molecule has 48 heavy (non-hydrogen) atoms. The summed E-state index contributed by atoms with van der Waals surface area (Å²) in [4.78, 5) is 25.0. The van der Waals surface area contributed by atoms with Crippen LogP contribution in [0.3, 0.4) is 0 Å². The summed E-state index contributed by atoms with van der Waals surface area (Å²) in [5, 5.41) is 6.63. The lowest BCUT2D eigenvalue weighted by Crippen LogP contribution is -2.37. The van der Waals surface area contributed by atoms with Crippen molar-refractivity contribution in [3.8, 4) is 11.8 Å². The minimum Gasteiger partial charge on any atom is -0.346 e. The normalized spacial score (nSPS) is 15.5. The third-order valence-electron chi connectivity index (χ3n) is 7.58. The van der Waals surface area contributed by atoms with Crippen LogP contribution in [-0.4, -0.2) is 30.6 Å². The van der Waals surface area contributed by atoms with Crippen molar-refractivity contribution in [1.82, 2.24) is 30.0 Å². The van der Waals surface area contributed by atoms with Crippen LogP contribution in [0.1, 0.15) is 64.8 Å². The Morgan fingerprint density at radius 3 is 2.46 bits per heavy atom. The number of alkyl halides is 6. The molecule has 0 radical (unpaired) electrons. The van der Waals surface area contributed by atoms with Gasteiger partial charge in [-0.05, 0) is 70.2 Å². The van der Waals surface area contributed by atoms with Crippen LogP contribution in [0.15, 0.2) is 59.3 Å². The van der Waals surface area contributed by atoms with Gasteiger partial charge in [-0.1, -0.05) is 5.92 Å². The molecule has 7 nitrogen and oxygen atoms in total. The molecule has 2 N–H and O–H groups in total. The van der Waals surface area contributed by atoms with Crippen molar-refractivity contribution >= 4 is 32.9 Å². The number of H-pyrrole nitrogens is 1. The van der Waals surface area contributed by atoms with Crippen molar-refractivity contribution in [3.63, 3.8) is 0 Å². The second-order valence-electron chi connectivity index (χ2n) is 11.0. The second-order valence-corrected chi connectivity index (χ2v) is 11.9. The first-order chi connectivity index (χ1) is 22.7. The summed E-state index contributed by atoms with van der Waals surface area (Å²) in [6, 6.07) is 8.14. The molecule has 4 aromatic heterocycles. The van der Waals surface area contributed by atoms with E-state index in [2.05, 4.69) is 53.1 Å². The molecule has 1 aromatic carbocycles. The fraction of sp³-hybridized carbons (Fsp3) is 0.250. The van der Waals surface area contributed by atoms with Crippen molar-refractivity contribution in [2.24, 2.45) is 0 Å². The van der Waals surface area contributed by atoms with E-state index in [0.717, 1.165) is 17.5 Å². The molecule has 0 unspecified atom stereocenters. The smallest absolute Gasteiger partial charge is 0.290 e. The summed E-state index contributed by atoms with van der Waals surface area (Å²) in [6.45, 7) is -1.15. The number of pyridine rings is 2. The SMILES string of the molecule is O=C(Cn1nc(C(F)F)c2c1C(F)(F)CCC2(F)F)N[C@@H](Cc1cc(F)cc(F)c1)c1nc(C#Cc2cnc3[nH]ccc3c2)ccc1Br. The minimum absolute atomic E-state index is 0.0662. The van der Waals surface area contributed by atoms with Crippen LogP contribution in [0.2, 0.25) is 0 Å². The highest BCUT2D eigenvalue weighted by Crippen LogP contribution is 2.52. The van der Waals surface area contributed by atoms with Crippen LogP contribution in [-0.2, 0) is 29.6 Å². The van der Waals surface area contributed by atoms with Gasteiger partial charge < -0.3 is 10.3 Å². The monoisotopic (exact) mass is 736 g/mol. The van der Waals surface area contributed by atoms with Crippen molar-refractivity contribution in [2.45, 2.75) is 50.1 Å². The standard InChI is InChI=1S/C32H21BrF8N6O/c33-22-4-3-21(2-1-16-9-18-5-8-42-30(18)43-14-16)44-26(22)23(12-17-10-19(34)13-20(35)11-17)45-24(48)15-47-28-25(27(46-47)29(36)37)31(38,39)6-7-32(28,40)41/h3-5,8-11,13-14,23,29H,6-7,12,15H2,(H,42,43)(H,45,48)/t23-/m0/s1. The van der Waals surface area contributed by atoms with Crippen molar-refractivity contribution in [2.75, 3.05) is 0 Å². The molecule has 1 aliphatic carbocycles. The summed E-state index contributed by atoms with van der Waals surface area (Å²) in [7, 11) is 0. The molecular formula is C32H21BrF8N6O. The Kier molecular flexibility index (Phi) is 8.75. The van der Waals surface area contributed by atoms with E-state index in [4.69, 9.17) is 0 Å². The average Bonchev–Trinajstić information content (AvgIpc) is 3.64. The van der Waals surface area contributed by atoms with Gasteiger partial charge in [-0.2, -0.15) is 13.9 Å². The first kappa shape index (κ1) is 33.1. The predicted molar refractivity (Wildman–Crippen MR) is 159 cm³/mol. The molecule has 248 valence electrons. The van der Waals surface area contributed by atoms with Gasteiger partial charge in [0.1, 0.15) is 40.9 Å². The predicted octanol–water partition coefficient (Wildman–Crippen LogP) is 7.61. The van der Waals surface area contributed by atoms with Gasteiger partial charge in [-0.25, -0.2) is 36.3 Å². The Labute approximate surface area is 274 Å². The quantitative estimate of drug-likeness (QED) is 0.133. The van der Waals surface area contributed by atoms with Crippen LogP contribution < -0.4 is 5.32 Å². The molecule has 16 heteroatoms. The Morgan fingerprint density at radius 2 is 1.73 bits per heavy atom. The molecule has 1 atom stereocenters. The molecule has 0 fully saturated rings. The van der Waals surface area contributed by atoms with E-state index in [0.29, 0.717) is 21.7 Å². The van der Waals surface area contributed by atoms with Crippen molar-refractivity contribution in [1.29, 1.82) is 0 Å². The van der Waals surface area contributed by atoms with Gasteiger partial charge in [0.05, 0.1) is 17.3 Å². The van der Waals surface area contributed by atoms with E-state index in [-0.39, 0.29) is 28.1 Å². The number of halogens is 9. The number of benzene rings is 1. The molecule has 5 aromatic rings. The summed E-state index contributed by atoms with van der Waals surface area (Å²) in [5.41, 5.74) is -3.03. The molecule has 0 bridgehead atoms. The Balaban J connectivity index is 1.35. The zero-order valence-electron chi connectivity index (χ0n) is 24.3. The number of carbonyl (C=O) groups excluding carboxylic acids is 1. The number of hydrogen-bond acceptors (Lipinski definition) is 4. The number of carbonyl (C=O) groups is 1. The van der Waals surface area contributed by atoms with Crippen LogP contribution in [0.4, 0.5) is 35.1 Å². The lowest BCUT2D eigenvalue weighted by Gasteiger charge is -2.29. The van der Waals surface area contributed by atoms with Gasteiger partial charge in [0.2, 0.25) is 5.91 Å². The molecule has 1 aliphatic rings. The van der Waals surface area contributed by atoms with E-state index < -0.39 is 78.2 Å². The maximum atomic E-state index is 14.9. The number of fused-ring (bicyclic) bond motifs is 2. The molecule has 0 aliphatic heterocycles. The number of nitrogens with zero attached hydrogens (tertiary/aromatic N) is 4. The molecule has 0 saturated carbocycles. The van der Waals surface area contributed by atoms with E-state index in [1.807, 2.05) is 6.07 Å². The third-order valence-corrected chi connectivity index (χ3v) is 8.25. The van der Waals surface area contributed by atoms with Crippen LogP contribution in [0.25, 0.3) is 11.0 Å². The average molecular weight is 737 g/mol. The first-order valence-electron chi connectivity index (χ1n) is 14.2. The fourth-order valence-corrected chi connectivity index (χ4v) is 6.01. The van der Waals surface area contributed by atoms with Gasteiger partial charge >= 0.3 is 0 Å². The highest BCUT2D eigenvalue weighted by atomic mass is 79.9. The molecule has 0 saturated heterocycles. The lowest BCUT2D eigenvalue weighted by molar-refractivity contribution is -0.123. The Bertz CT molecular complexity index is 2080. The number of aromatic amines is 1. The second kappa shape index (κ2) is 12.7. The maximum Gasteiger partial charge on any atom is 0.290 e. The number of rotatable bonds is 7. The van der Waals surface area contributed by atoms with Gasteiger partial charge in [-0.3, -0.25) is 9.48 Å². The number of hydrogen-bond donors (Lipinski definition) is 2. The maximum absolute atomic E-state index is 14.9. The van der Waals surface area contributed by atoms with Gasteiger partial charge in [0.15, 0.2) is 0 Å². The first-order valence-corrected chi connectivity index (χ1v) is 15.0. The van der Waals surface area contributed by atoms with Crippen LogP contribution >= 0.6 is 15.9 Å². The molecular weight excluding hydrogens is 716 g/mol. The minimum atomic E-state index is -4.03. The largest absolute Gasteiger partial charge is 0.346 e. The number of nitrogens with one attached hydrogen (secondary N) is 2. The van der Waals surface area contributed by atoms with E-state index in [1.54, 1.807) is 30.6 Å². The van der Waals surface area contributed by atoms with E-state index in [9.17, 15) is 39.9 Å². The molecule has 0 spiro atoms. The topological polar surface area (TPSA) is 88.5 Å². The van der Waals surface area contributed by atoms with Crippen molar-refractivity contribution in [3.05, 3.63) is 110 Å². The lowest BCUT2D eigenvalue weighted by atomic mass is 9.89. The Hall–Kier alpha value is -4.78. The summed E-state index contributed by atoms with van der Waals surface area (Å²) in [6.07, 6.45) is -3.38. The van der Waals surface area contributed by atoms with Crippen LogP contribution in [0, 0.1) is 23.5 Å². The van der Waals surface area contributed by atoms with Crippen molar-refractivity contribution < 1.29 is 39.9 Å². The van der Waals surface area contributed by atoms with E-state index in [1.165, 1.54) is 0 Å². The van der Waals surface area contributed by atoms with E-state index >= 15 is 0 Å². The molecule has 1 amide bonds. The zero-order valence-corrected chi connectivity index (χ0v) is 25.9. The summed E-state index contributed by atoms with van der Waals surface area (Å²) < 4.78 is 115. The molecule has 6 rings (SSSR count). The third kappa shape index (κ3) is 6.77. The highest BCUT2D eigenvalue weighted by Gasteiger charge is 2.55. The van der Waals surface area contributed by atoms with Crippen LogP contribution in [0.5, 0.6) is 0 Å². The fourth-order valence-electron chi connectivity index (χ4n) is 5.51. The number of amides is 1. The summed E-state index contributed by atoms with van der Waals surface area (Å²) >= 11 is 3.34. The molecule has 4 heterocycles. The zero-order chi connectivity index (χ0) is 34.4. The summed E-state index contributed by atoms with van der Waals surface area (Å²) in [5.74, 6) is -5.14.